The summed E-state index contributed by atoms with van der Waals surface area (Å²) in [5, 5.41) is 10.1. The van der Waals surface area contributed by atoms with E-state index in [0.717, 1.165) is 42.5 Å². The average Bonchev–Trinajstić information content (AvgIpc) is 3.39. The van der Waals surface area contributed by atoms with Gasteiger partial charge >= 0.3 is 6.03 Å². The number of hydrogen-bond donors (Lipinski definition) is 2. The van der Waals surface area contributed by atoms with Gasteiger partial charge in [-0.05, 0) is 56.2 Å². The van der Waals surface area contributed by atoms with Crippen LogP contribution in [0.25, 0.3) is 0 Å². The maximum Gasteiger partial charge on any atom is 0.321 e. The van der Waals surface area contributed by atoms with Gasteiger partial charge < -0.3 is 19.4 Å². The molecule has 2 N–H and O–H groups in total. The number of piperidine rings is 1. The molecule has 0 unspecified atom stereocenters. The van der Waals surface area contributed by atoms with Crippen LogP contribution in [0.3, 0.4) is 0 Å². The van der Waals surface area contributed by atoms with Crippen LogP contribution in [-0.2, 0) is 6.61 Å². The lowest BCUT2D eigenvalue weighted by Crippen LogP contribution is -2.41. The summed E-state index contributed by atoms with van der Waals surface area (Å²) in [5.74, 6) is 3.23. The quantitative estimate of drug-likeness (QED) is 0.702. The van der Waals surface area contributed by atoms with Crippen LogP contribution in [0.4, 0.5) is 10.5 Å². The standard InChI is InChI=1S/C20H23N5O3/c1-14-21-19(24-23-14)15-4-2-10-25(12-15)20(26)22-16-6-8-17(9-7-16)28-13-18-5-3-11-27-18/h3,5-9,11,15H,2,4,10,12-13H2,1H3,(H,22,26)(H,21,23,24)/t15-/m1/s1. The number of likely N-dealkylation sites (tertiary alicyclic amines) is 1. The zero-order valence-electron chi connectivity index (χ0n) is 15.7. The lowest BCUT2D eigenvalue weighted by atomic mass is 9.98. The van der Waals surface area contributed by atoms with Crippen LogP contribution in [0.5, 0.6) is 5.75 Å². The number of aryl methyl sites for hydroxylation is 1. The maximum absolute atomic E-state index is 12.6. The summed E-state index contributed by atoms with van der Waals surface area (Å²) < 4.78 is 10.9. The number of aromatic nitrogens is 3. The highest BCUT2D eigenvalue weighted by Gasteiger charge is 2.27. The third kappa shape index (κ3) is 4.33. The van der Waals surface area contributed by atoms with E-state index in [4.69, 9.17) is 9.15 Å². The second kappa shape index (κ2) is 8.16. The van der Waals surface area contributed by atoms with E-state index < -0.39 is 0 Å². The number of H-pyrrole nitrogens is 1. The molecule has 1 atom stereocenters. The van der Waals surface area contributed by atoms with Gasteiger partial charge in [-0.15, -0.1) is 0 Å². The van der Waals surface area contributed by atoms with Gasteiger partial charge in [0.1, 0.15) is 23.9 Å². The topological polar surface area (TPSA) is 96.3 Å². The molecule has 146 valence electrons. The molecule has 4 rings (SSSR count). The number of furan rings is 1. The number of carbonyl (C=O) groups excluding carboxylic acids is 1. The normalized spacial score (nSPS) is 16.8. The number of carbonyl (C=O) groups is 1. The molecule has 1 aliphatic rings. The summed E-state index contributed by atoms with van der Waals surface area (Å²) in [7, 11) is 0. The van der Waals surface area contributed by atoms with Crippen molar-refractivity contribution < 1.29 is 13.9 Å². The molecule has 0 aliphatic carbocycles. The molecule has 8 heteroatoms. The minimum absolute atomic E-state index is 0.110. The van der Waals surface area contributed by atoms with Crippen molar-refractivity contribution in [2.75, 3.05) is 18.4 Å². The summed E-state index contributed by atoms with van der Waals surface area (Å²) in [4.78, 5) is 18.9. The van der Waals surface area contributed by atoms with Gasteiger partial charge in [0, 0.05) is 24.7 Å². The molecule has 1 aliphatic heterocycles. The summed E-state index contributed by atoms with van der Waals surface area (Å²) in [6.07, 6.45) is 3.54. The second-order valence-electron chi connectivity index (χ2n) is 6.89. The predicted octanol–water partition coefficient (Wildman–Crippen LogP) is 3.70. The highest BCUT2D eigenvalue weighted by molar-refractivity contribution is 5.89. The Hall–Kier alpha value is -3.29. The molecule has 2 aromatic heterocycles. The first-order valence-electron chi connectivity index (χ1n) is 9.37. The summed E-state index contributed by atoms with van der Waals surface area (Å²) in [6, 6.07) is 10.9. The Bertz CT molecular complexity index is 904. The van der Waals surface area contributed by atoms with Crippen LogP contribution in [-0.4, -0.2) is 39.2 Å². The maximum atomic E-state index is 12.6. The third-order valence-corrected chi connectivity index (χ3v) is 4.76. The zero-order chi connectivity index (χ0) is 19.3. The predicted molar refractivity (Wildman–Crippen MR) is 103 cm³/mol. The fraction of sp³-hybridized carbons (Fsp3) is 0.350. The van der Waals surface area contributed by atoms with Crippen molar-refractivity contribution in [1.29, 1.82) is 0 Å². The van der Waals surface area contributed by atoms with E-state index in [9.17, 15) is 4.79 Å². The van der Waals surface area contributed by atoms with Crippen LogP contribution in [0.1, 0.15) is 36.2 Å². The molecule has 0 bridgehead atoms. The number of benzene rings is 1. The van der Waals surface area contributed by atoms with E-state index in [2.05, 4.69) is 20.5 Å². The molecule has 0 spiro atoms. The van der Waals surface area contributed by atoms with Crippen LogP contribution < -0.4 is 10.1 Å². The Balaban J connectivity index is 1.31. The first-order chi connectivity index (χ1) is 13.7. The number of nitrogens with zero attached hydrogens (tertiary/aromatic N) is 3. The molecule has 1 aromatic carbocycles. The number of urea groups is 1. The van der Waals surface area contributed by atoms with Crippen molar-refractivity contribution >= 4 is 11.7 Å². The van der Waals surface area contributed by atoms with Gasteiger partial charge in [0.05, 0.1) is 6.26 Å². The number of nitrogens with one attached hydrogen (secondary N) is 2. The molecule has 3 heterocycles. The number of hydrogen-bond acceptors (Lipinski definition) is 5. The Morgan fingerprint density at radius 1 is 1.36 bits per heavy atom. The molecule has 3 aromatic rings. The van der Waals surface area contributed by atoms with Crippen molar-refractivity contribution in [3.63, 3.8) is 0 Å². The lowest BCUT2D eigenvalue weighted by molar-refractivity contribution is 0.191. The number of anilines is 1. The van der Waals surface area contributed by atoms with E-state index in [-0.39, 0.29) is 11.9 Å². The van der Waals surface area contributed by atoms with Gasteiger partial charge in [0.25, 0.3) is 0 Å². The van der Waals surface area contributed by atoms with Crippen molar-refractivity contribution in [1.82, 2.24) is 20.1 Å². The lowest BCUT2D eigenvalue weighted by Gasteiger charge is -2.31. The third-order valence-electron chi connectivity index (χ3n) is 4.76. The highest BCUT2D eigenvalue weighted by Crippen LogP contribution is 2.25. The fourth-order valence-electron chi connectivity index (χ4n) is 3.30. The van der Waals surface area contributed by atoms with Gasteiger partial charge in [-0.2, -0.15) is 5.10 Å². The zero-order valence-corrected chi connectivity index (χ0v) is 15.7. The van der Waals surface area contributed by atoms with E-state index >= 15 is 0 Å². The average molecular weight is 381 g/mol. The largest absolute Gasteiger partial charge is 0.486 e. The molecule has 1 saturated heterocycles. The van der Waals surface area contributed by atoms with Gasteiger partial charge in [-0.25, -0.2) is 9.78 Å². The minimum Gasteiger partial charge on any atom is -0.486 e. The summed E-state index contributed by atoms with van der Waals surface area (Å²) >= 11 is 0. The van der Waals surface area contributed by atoms with Crippen molar-refractivity contribution in [3.8, 4) is 5.75 Å². The Labute approximate surface area is 162 Å². The van der Waals surface area contributed by atoms with Crippen molar-refractivity contribution in [2.24, 2.45) is 0 Å². The highest BCUT2D eigenvalue weighted by atomic mass is 16.5. The van der Waals surface area contributed by atoms with E-state index in [1.165, 1.54) is 0 Å². The number of ether oxygens (including phenoxy) is 1. The van der Waals surface area contributed by atoms with Gasteiger partial charge in [0.15, 0.2) is 5.82 Å². The Morgan fingerprint density at radius 3 is 2.93 bits per heavy atom. The molecular formula is C20H23N5O3. The SMILES string of the molecule is Cc1nc([C@@H]2CCCN(C(=O)Nc3ccc(OCc4ccco4)cc3)C2)n[nH]1. The Morgan fingerprint density at radius 2 is 2.21 bits per heavy atom. The number of aromatic amines is 1. The van der Waals surface area contributed by atoms with Crippen LogP contribution >= 0.6 is 0 Å². The number of rotatable bonds is 5. The Kier molecular flexibility index (Phi) is 5.27. The molecule has 1 fully saturated rings. The van der Waals surface area contributed by atoms with E-state index in [1.54, 1.807) is 6.26 Å². The van der Waals surface area contributed by atoms with Gasteiger partial charge in [-0.3, -0.25) is 5.10 Å². The van der Waals surface area contributed by atoms with E-state index in [1.807, 2.05) is 48.2 Å². The second-order valence-corrected chi connectivity index (χ2v) is 6.89. The smallest absolute Gasteiger partial charge is 0.321 e. The van der Waals surface area contributed by atoms with Crippen LogP contribution in [0, 0.1) is 6.92 Å². The van der Waals surface area contributed by atoms with Crippen LogP contribution in [0.15, 0.2) is 47.1 Å². The van der Waals surface area contributed by atoms with Crippen molar-refractivity contribution in [2.45, 2.75) is 32.3 Å². The van der Waals surface area contributed by atoms with E-state index in [0.29, 0.717) is 18.9 Å². The molecule has 0 saturated carbocycles. The molecule has 2 amide bonds. The first-order valence-corrected chi connectivity index (χ1v) is 9.37. The molecular weight excluding hydrogens is 358 g/mol. The minimum atomic E-state index is -0.110. The molecule has 8 nitrogen and oxygen atoms in total. The molecule has 28 heavy (non-hydrogen) atoms. The molecule has 0 radical (unpaired) electrons. The monoisotopic (exact) mass is 381 g/mol. The summed E-state index contributed by atoms with van der Waals surface area (Å²) in [5.41, 5.74) is 0.728. The summed E-state index contributed by atoms with van der Waals surface area (Å²) in [6.45, 7) is 3.60. The van der Waals surface area contributed by atoms with Gasteiger partial charge in [-0.1, -0.05) is 0 Å². The first kappa shape index (κ1) is 18.1. The van der Waals surface area contributed by atoms with Crippen LogP contribution in [0.2, 0.25) is 0 Å². The van der Waals surface area contributed by atoms with Gasteiger partial charge in [0.2, 0.25) is 0 Å². The number of amides is 2. The van der Waals surface area contributed by atoms with Crippen molar-refractivity contribution in [3.05, 3.63) is 60.1 Å². The fourth-order valence-corrected chi connectivity index (χ4v) is 3.30.